The van der Waals surface area contributed by atoms with Gasteiger partial charge in [-0.05, 0) is 37.9 Å². The van der Waals surface area contributed by atoms with Crippen molar-refractivity contribution in [1.82, 2.24) is 19.9 Å². The third-order valence-corrected chi connectivity index (χ3v) is 3.71. The minimum Gasteiger partial charge on any atom is -0.330 e. The molecule has 17 heavy (non-hydrogen) atoms. The van der Waals surface area contributed by atoms with Crippen LogP contribution in [0.1, 0.15) is 18.7 Å². The van der Waals surface area contributed by atoms with Gasteiger partial charge in [0.15, 0.2) is 0 Å². The van der Waals surface area contributed by atoms with Crippen LogP contribution in [0.4, 0.5) is 0 Å². The zero-order chi connectivity index (χ0) is 11.7. The van der Waals surface area contributed by atoms with Crippen molar-refractivity contribution in [2.75, 3.05) is 13.1 Å². The second-order valence-corrected chi connectivity index (χ2v) is 4.85. The van der Waals surface area contributed by atoms with E-state index in [1.807, 2.05) is 12.3 Å². The van der Waals surface area contributed by atoms with Crippen LogP contribution in [0, 0.1) is 5.92 Å². The SMILES string of the molecule is Cn1c(CCC2CCNC2)nc2ccncc21. The molecule has 1 fully saturated rings. The van der Waals surface area contributed by atoms with Gasteiger partial charge in [0, 0.05) is 19.7 Å². The molecule has 1 N–H and O–H groups in total. The van der Waals surface area contributed by atoms with Gasteiger partial charge < -0.3 is 9.88 Å². The highest BCUT2D eigenvalue weighted by atomic mass is 15.1. The maximum atomic E-state index is 4.68. The lowest BCUT2D eigenvalue weighted by Crippen LogP contribution is -2.10. The van der Waals surface area contributed by atoms with Gasteiger partial charge in [0.2, 0.25) is 0 Å². The molecule has 0 aromatic carbocycles. The van der Waals surface area contributed by atoms with Crippen LogP contribution >= 0.6 is 0 Å². The third kappa shape index (κ3) is 2.05. The van der Waals surface area contributed by atoms with Gasteiger partial charge in [-0.15, -0.1) is 0 Å². The molecule has 1 aliphatic rings. The van der Waals surface area contributed by atoms with Crippen molar-refractivity contribution in [3.63, 3.8) is 0 Å². The Hall–Kier alpha value is -1.42. The van der Waals surface area contributed by atoms with Crippen molar-refractivity contribution in [3.05, 3.63) is 24.3 Å². The Morgan fingerprint density at radius 1 is 1.53 bits per heavy atom. The summed E-state index contributed by atoms with van der Waals surface area (Å²) in [7, 11) is 2.08. The van der Waals surface area contributed by atoms with Crippen LogP contribution in [0.2, 0.25) is 0 Å². The van der Waals surface area contributed by atoms with Gasteiger partial charge in [-0.3, -0.25) is 4.98 Å². The number of pyridine rings is 1. The summed E-state index contributed by atoms with van der Waals surface area (Å²) in [4.78, 5) is 8.83. The number of nitrogens with one attached hydrogen (secondary N) is 1. The Labute approximate surface area is 101 Å². The minimum absolute atomic E-state index is 0.827. The number of fused-ring (bicyclic) bond motifs is 1. The lowest BCUT2D eigenvalue weighted by molar-refractivity contribution is 0.520. The molecule has 0 saturated carbocycles. The maximum Gasteiger partial charge on any atom is 0.109 e. The van der Waals surface area contributed by atoms with E-state index in [1.165, 1.54) is 31.8 Å². The molecule has 90 valence electrons. The molecule has 0 bridgehead atoms. The van der Waals surface area contributed by atoms with Crippen molar-refractivity contribution < 1.29 is 0 Å². The number of nitrogens with zero attached hydrogens (tertiary/aromatic N) is 3. The minimum atomic E-state index is 0.827. The largest absolute Gasteiger partial charge is 0.330 e. The Morgan fingerprint density at radius 3 is 3.24 bits per heavy atom. The number of rotatable bonds is 3. The zero-order valence-corrected chi connectivity index (χ0v) is 10.2. The van der Waals surface area contributed by atoms with Crippen LogP contribution in [-0.2, 0) is 13.5 Å². The fourth-order valence-electron chi connectivity index (χ4n) is 2.60. The molecule has 2 aromatic heterocycles. The highest BCUT2D eigenvalue weighted by molar-refractivity contribution is 5.74. The van der Waals surface area contributed by atoms with Gasteiger partial charge in [0.05, 0.1) is 17.2 Å². The van der Waals surface area contributed by atoms with Gasteiger partial charge in [0.25, 0.3) is 0 Å². The van der Waals surface area contributed by atoms with Crippen LogP contribution < -0.4 is 5.32 Å². The summed E-state index contributed by atoms with van der Waals surface area (Å²) in [6, 6.07) is 1.98. The highest BCUT2D eigenvalue weighted by Crippen LogP contribution is 2.18. The van der Waals surface area contributed by atoms with Crippen molar-refractivity contribution >= 4 is 11.0 Å². The summed E-state index contributed by atoms with van der Waals surface area (Å²) in [5.41, 5.74) is 2.19. The van der Waals surface area contributed by atoms with E-state index >= 15 is 0 Å². The van der Waals surface area contributed by atoms with Gasteiger partial charge in [0.1, 0.15) is 5.82 Å². The summed E-state index contributed by atoms with van der Waals surface area (Å²) in [5.74, 6) is 2.01. The quantitative estimate of drug-likeness (QED) is 0.869. The number of hydrogen-bond donors (Lipinski definition) is 1. The van der Waals surface area contributed by atoms with E-state index < -0.39 is 0 Å². The molecule has 0 spiro atoms. The number of aromatic nitrogens is 3. The van der Waals surface area contributed by atoms with Gasteiger partial charge in [-0.2, -0.15) is 0 Å². The second-order valence-electron chi connectivity index (χ2n) is 4.85. The Kier molecular flexibility index (Phi) is 2.81. The first-order chi connectivity index (χ1) is 8.34. The molecule has 4 nitrogen and oxygen atoms in total. The van der Waals surface area contributed by atoms with Crippen molar-refractivity contribution in [3.8, 4) is 0 Å². The van der Waals surface area contributed by atoms with E-state index in [-0.39, 0.29) is 0 Å². The Morgan fingerprint density at radius 2 is 2.47 bits per heavy atom. The average Bonchev–Trinajstić information content (AvgIpc) is 2.96. The molecule has 1 aliphatic heterocycles. The van der Waals surface area contributed by atoms with Gasteiger partial charge >= 0.3 is 0 Å². The molecule has 0 aliphatic carbocycles. The fourth-order valence-corrected chi connectivity index (χ4v) is 2.60. The van der Waals surface area contributed by atoms with Gasteiger partial charge in [-0.25, -0.2) is 4.98 Å². The summed E-state index contributed by atoms with van der Waals surface area (Å²) < 4.78 is 2.17. The topological polar surface area (TPSA) is 42.7 Å². The molecule has 2 aromatic rings. The van der Waals surface area contributed by atoms with Crippen molar-refractivity contribution in [1.29, 1.82) is 0 Å². The van der Waals surface area contributed by atoms with E-state index in [4.69, 9.17) is 0 Å². The number of imidazole rings is 1. The van der Waals surface area contributed by atoms with Crippen LogP contribution in [0.15, 0.2) is 18.5 Å². The summed E-state index contributed by atoms with van der Waals surface area (Å²) in [5, 5.41) is 3.41. The van der Waals surface area contributed by atoms with E-state index in [1.54, 1.807) is 6.20 Å². The third-order valence-electron chi connectivity index (χ3n) is 3.71. The summed E-state index contributed by atoms with van der Waals surface area (Å²) in [6.07, 6.45) is 7.31. The summed E-state index contributed by atoms with van der Waals surface area (Å²) >= 11 is 0. The smallest absolute Gasteiger partial charge is 0.109 e. The molecule has 1 saturated heterocycles. The van der Waals surface area contributed by atoms with E-state index in [2.05, 4.69) is 26.9 Å². The molecule has 4 heteroatoms. The fraction of sp³-hybridized carbons (Fsp3) is 0.538. The first kappa shape index (κ1) is 10.7. The second kappa shape index (κ2) is 4.45. The predicted molar refractivity (Wildman–Crippen MR) is 67.8 cm³/mol. The van der Waals surface area contributed by atoms with Crippen molar-refractivity contribution in [2.45, 2.75) is 19.3 Å². The van der Waals surface area contributed by atoms with E-state index in [0.717, 1.165) is 23.4 Å². The molecule has 0 radical (unpaired) electrons. The highest BCUT2D eigenvalue weighted by Gasteiger charge is 2.15. The molecule has 3 rings (SSSR count). The number of hydrogen-bond acceptors (Lipinski definition) is 3. The molecule has 1 unspecified atom stereocenters. The Bertz CT molecular complexity index is 511. The first-order valence-corrected chi connectivity index (χ1v) is 6.30. The van der Waals surface area contributed by atoms with Crippen molar-refractivity contribution in [2.24, 2.45) is 13.0 Å². The van der Waals surface area contributed by atoms with Crippen LogP contribution in [0.3, 0.4) is 0 Å². The first-order valence-electron chi connectivity index (χ1n) is 6.30. The number of aryl methyl sites for hydroxylation is 2. The maximum absolute atomic E-state index is 4.68. The van der Waals surface area contributed by atoms with Crippen LogP contribution in [0.25, 0.3) is 11.0 Å². The zero-order valence-electron chi connectivity index (χ0n) is 10.2. The summed E-state index contributed by atoms with van der Waals surface area (Å²) in [6.45, 7) is 2.35. The lowest BCUT2D eigenvalue weighted by Gasteiger charge is -2.07. The Balaban J connectivity index is 1.78. The molecule has 3 heterocycles. The van der Waals surface area contributed by atoms with E-state index in [9.17, 15) is 0 Å². The normalized spacial score (nSPS) is 20.2. The van der Waals surface area contributed by atoms with Crippen LogP contribution in [0.5, 0.6) is 0 Å². The molecule has 0 amide bonds. The van der Waals surface area contributed by atoms with E-state index in [0.29, 0.717) is 0 Å². The molecular formula is C13H18N4. The lowest BCUT2D eigenvalue weighted by atomic mass is 10.0. The van der Waals surface area contributed by atoms with Crippen LogP contribution in [-0.4, -0.2) is 27.6 Å². The molecule has 1 atom stereocenters. The molecular weight excluding hydrogens is 212 g/mol. The predicted octanol–water partition coefficient (Wildman–Crippen LogP) is 1.51. The average molecular weight is 230 g/mol. The van der Waals surface area contributed by atoms with Gasteiger partial charge in [-0.1, -0.05) is 0 Å². The standard InChI is InChI=1S/C13H18N4/c1-17-12-9-15-7-5-11(12)16-13(17)3-2-10-4-6-14-8-10/h5,7,9-10,14H,2-4,6,8H2,1H3. The monoisotopic (exact) mass is 230 g/mol.